The maximum absolute atomic E-state index is 5.33. The van der Waals surface area contributed by atoms with E-state index in [9.17, 15) is 0 Å². The van der Waals surface area contributed by atoms with Crippen LogP contribution in [0.25, 0.3) is 0 Å². The summed E-state index contributed by atoms with van der Waals surface area (Å²) in [7, 11) is 0. The van der Waals surface area contributed by atoms with Crippen molar-refractivity contribution in [3.8, 4) is 0 Å². The third kappa shape index (κ3) is 3.52. The zero-order chi connectivity index (χ0) is 8.81. The Kier molecular flexibility index (Phi) is 4.58. The highest BCUT2D eigenvalue weighted by atomic mass is 16.6. The van der Waals surface area contributed by atoms with E-state index in [1.807, 2.05) is 13.8 Å². The Balaban J connectivity index is 2.09. The highest BCUT2D eigenvalue weighted by Gasteiger charge is 2.32. The van der Waals surface area contributed by atoms with Gasteiger partial charge in [-0.2, -0.15) is 0 Å². The summed E-state index contributed by atoms with van der Waals surface area (Å²) < 4.78 is 15.9. The minimum absolute atomic E-state index is 0.392. The summed E-state index contributed by atoms with van der Waals surface area (Å²) >= 11 is 0. The highest BCUT2D eigenvalue weighted by molar-refractivity contribution is 4.78. The predicted octanol–water partition coefficient (Wildman–Crippen LogP) is 1.07. The fourth-order valence-corrected chi connectivity index (χ4v) is 1.13. The van der Waals surface area contributed by atoms with Gasteiger partial charge in [-0.1, -0.05) is 0 Å². The Bertz CT molecular complexity index is 104. The third-order valence-electron chi connectivity index (χ3n) is 1.96. The van der Waals surface area contributed by atoms with Crippen molar-refractivity contribution in [2.45, 2.75) is 20.0 Å². The summed E-state index contributed by atoms with van der Waals surface area (Å²) in [6, 6.07) is 0. The molecule has 0 N–H and O–H groups in total. The third-order valence-corrected chi connectivity index (χ3v) is 1.96. The first kappa shape index (κ1) is 9.96. The molecule has 12 heavy (non-hydrogen) atoms. The zero-order valence-electron chi connectivity index (χ0n) is 7.91. The van der Waals surface area contributed by atoms with Gasteiger partial charge in [0.05, 0.1) is 25.9 Å². The van der Waals surface area contributed by atoms with Crippen LogP contribution in [0.3, 0.4) is 0 Å². The van der Waals surface area contributed by atoms with Gasteiger partial charge in [0.1, 0.15) is 0 Å². The fraction of sp³-hybridized carbons (Fsp3) is 1.00. The van der Waals surface area contributed by atoms with Crippen molar-refractivity contribution >= 4 is 0 Å². The largest absolute Gasteiger partial charge is 0.381 e. The van der Waals surface area contributed by atoms with Gasteiger partial charge >= 0.3 is 0 Å². The highest BCUT2D eigenvalue weighted by Crippen LogP contribution is 2.20. The second kappa shape index (κ2) is 5.51. The second-order valence-electron chi connectivity index (χ2n) is 2.95. The van der Waals surface area contributed by atoms with Gasteiger partial charge in [0, 0.05) is 19.1 Å². The van der Waals surface area contributed by atoms with Crippen molar-refractivity contribution in [2.75, 3.05) is 33.0 Å². The van der Waals surface area contributed by atoms with E-state index in [0.29, 0.717) is 12.0 Å². The Labute approximate surface area is 74.0 Å². The first-order chi connectivity index (χ1) is 5.88. The normalized spacial score (nSPS) is 21.8. The molecule has 0 aromatic heterocycles. The average molecular weight is 174 g/mol. The molecule has 0 aromatic rings. The maximum Gasteiger partial charge on any atom is 0.0882 e. The Morgan fingerprint density at radius 1 is 1.25 bits per heavy atom. The van der Waals surface area contributed by atoms with E-state index < -0.39 is 0 Å². The summed E-state index contributed by atoms with van der Waals surface area (Å²) in [5.74, 6) is 0.435. The number of epoxide rings is 1. The minimum Gasteiger partial charge on any atom is -0.381 e. The van der Waals surface area contributed by atoms with Gasteiger partial charge in [-0.3, -0.25) is 0 Å². The predicted molar refractivity (Wildman–Crippen MR) is 46.2 cm³/mol. The first-order valence-corrected chi connectivity index (χ1v) is 4.65. The fourth-order valence-electron chi connectivity index (χ4n) is 1.13. The quantitative estimate of drug-likeness (QED) is 0.541. The van der Waals surface area contributed by atoms with Gasteiger partial charge < -0.3 is 14.2 Å². The lowest BCUT2D eigenvalue weighted by Gasteiger charge is -2.13. The van der Waals surface area contributed by atoms with E-state index in [1.54, 1.807) is 0 Å². The van der Waals surface area contributed by atoms with Crippen LogP contribution in [0.5, 0.6) is 0 Å². The van der Waals surface area contributed by atoms with Crippen LogP contribution in [0, 0.1) is 5.92 Å². The molecular weight excluding hydrogens is 156 g/mol. The van der Waals surface area contributed by atoms with Crippen LogP contribution in [0.1, 0.15) is 13.8 Å². The number of ether oxygens (including phenoxy) is 3. The topological polar surface area (TPSA) is 31.0 Å². The summed E-state index contributed by atoms with van der Waals surface area (Å²) in [6.07, 6.45) is 0.392. The molecular formula is C9H18O3. The first-order valence-electron chi connectivity index (χ1n) is 4.65. The van der Waals surface area contributed by atoms with Gasteiger partial charge in [-0.25, -0.2) is 0 Å². The lowest BCUT2D eigenvalue weighted by Crippen LogP contribution is -2.21. The molecule has 0 spiro atoms. The molecule has 0 aliphatic carbocycles. The Morgan fingerprint density at radius 3 is 2.08 bits per heavy atom. The smallest absolute Gasteiger partial charge is 0.0882 e. The van der Waals surface area contributed by atoms with Crippen molar-refractivity contribution in [3.05, 3.63) is 0 Å². The molecule has 1 saturated heterocycles. The van der Waals surface area contributed by atoms with E-state index in [-0.39, 0.29) is 0 Å². The molecule has 1 fully saturated rings. The average Bonchev–Trinajstić information content (AvgIpc) is 2.88. The van der Waals surface area contributed by atoms with Crippen LogP contribution in [0.2, 0.25) is 0 Å². The van der Waals surface area contributed by atoms with Crippen molar-refractivity contribution in [2.24, 2.45) is 5.92 Å². The standard InChI is InChI=1S/C9H18O3/c1-3-10-5-8(6-11-4-2)9-7-12-9/h8-9H,3-7H2,1-2H3. The van der Waals surface area contributed by atoms with E-state index in [0.717, 1.165) is 33.0 Å². The molecule has 1 heterocycles. The summed E-state index contributed by atoms with van der Waals surface area (Å²) in [6.45, 7) is 7.97. The van der Waals surface area contributed by atoms with Crippen LogP contribution in [-0.4, -0.2) is 39.1 Å². The molecule has 1 atom stereocenters. The summed E-state index contributed by atoms with van der Waals surface area (Å²) in [5, 5.41) is 0. The lowest BCUT2D eigenvalue weighted by atomic mass is 10.1. The van der Waals surface area contributed by atoms with Crippen LogP contribution >= 0.6 is 0 Å². The SMILES string of the molecule is CCOCC(COCC)C1CO1. The van der Waals surface area contributed by atoms with E-state index in [2.05, 4.69) is 0 Å². The maximum atomic E-state index is 5.33. The molecule has 3 heteroatoms. The van der Waals surface area contributed by atoms with Crippen LogP contribution < -0.4 is 0 Å². The van der Waals surface area contributed by atoms with Crippen molar-refractivity contribution in [3.63, 3.8) is 0 Å². The van der Waals surface area contributed by atoms with Crippen molar-refractivity contribution < 1.29 is 14.2 Å². The van der Waals surface area contributed by atoms with Gasteiger partial charge in [-0.15, -0.1) is 0 Å². The molecule has 1 aliphatic rings. The number of rotatable bonds is 7. The second-order valence-corrected chi connectivity index (χ2v) is 2.95. The molecule has 1 unspecified atom stereocenters. The Morgan fingerprint density at radius 2 is 1.75 bits per heavy atom. The van der Waals surface area contributed by atoms with Gasteiger partial charge in [0.25, 0.3) is 0 Å². The number of hydrogen-bond acceptors (Lipinski definition) is 3. The van der Waals surface area contributed by atoms with Gasteiger partial charge in [-0.05, 0) is 13.8 Å². The monoisotopic (exact) mass is 174 g/mol. The molecule has 0 radical (unpaired) electrons. The van der Waals surface area contributed by atoms with E-state index in [1.165, 1.54) is 0 Å². The van der Waals surface area contributed by atoms with Gasteiger partial charge in [0.15, 0.2) is 0 Å². The van der Waals surface area contributed by atoms with E-state index >= 15 is 0 Å². The van der Waals surface area contributed by atoms with Crippen molar-refractivity contribution in [1.29, 1.82) is 0 Å². The molecule has 0 amide bonds. The molecule has 1 rings (SSSR count). The van der Waals surface area contributed by atoms with Crippen LogP contribution in [0.4, 0.5) is 0 Å². The molecule has 72 valence electrons. The molecule has 0 bridgehead atoms. The molecule has 1 aliphatic heterocycles. The van der Waals surface area contributed by atoms with Crippen molar-refractivity contribution in [1.82, 2.24) is 0 Å². The summed E-state index contributed by atoms with van der Waals surface area (Å²) in [4.78, 5) is 0. The van der Waals surface area contributed by atoms with E-state index in [4.69, 9.17) is 14.2 Å². The minimum atomic E-state index is 0.392. The molecule has 0 aromatic carbocycles. The van der Waals surface area contributed by atoms with Crippen LogP contribution in [0.15, 0.2) is 0 Å². The van der Waals surface area contributed by atoms with Gasteiger partial charge in [0.2, 0.25) is 0 Å². The Hall–Kier alpha value is -0.120. The summed E-state index contributed by atoms with van der Waals surface area (Å²) in [5.41, 5.74) is 0. The molecule has 3 nitrogen and oxygen atoms in total. The molecule has 0 saturated carbocycles. The lowest BCUT2D eigenvalue weighted by molar-refractivity contribution is 0.0365. The van der Waals surface area contributed by atoms with Crippen LogP contribution in [-0.2, 0) is 14.2 Å². The zero-order valence-corrected chi connectivity index (χ0v) is 7.91. The number of hydrogen-bond donors (Lipinski definition) is 0.